The lowest BCUT2D eigenvalue weighted by atomic mass is 10.1. The minimum absolute atomic E-state index is 0.0805. The van der Waals surface area contributed by atoms with Crippen LogP contribution in [0.1, 0.15) is 34.3 Å². The molecule has 0 aromatic heterocycles. The molecule has 0 spiro atoms. The normalized spacial score (nSPS) is 13.4. The first-order chi connectivity index (χ1) is 12.0. The fraction of sp³-hybridized carbons (Fsp3) is 0.300. The molecule has 25 heavy (non-hydrogen) atoms. The van der Waals surface area contributed by atoms with Gasteiger partial charge in [0.05, 0.1) is 5.75 Å². The van der Waals surface area contributed by atoms with Gasteiger partial charge in [-0.05, 0) is 68.1 Å². The summed E-state index contributed by atoms with van der Waals surface area (Å²) in [7, 11) is 0. The zero-order valence-electron chi connectivity index (χ0n) is 14.5. The highest BCUT2D eigenvalue weighted by atomic mass is 32.2. The maximum absolute atomic E-state index is 12.2. The summed E-state index contributed by atoms with van der Waals surface area (Å²) in [6.45, 7) is 4.14. The standard InChI is InChI=1S/C20H22N2O2S/c1-13-6-9-18(10-14(13)2)25-12-19(23)21-17-5-3-4-15(11-17)20(24)22-16-7-8-16/h3-6,9-11,16H,7-8,12H2,1-2H3,(H,21,23)(H,22,24). The molecule has 1 fully saturated rings. The van der Waals surface area contributed by atoms with E-state index >= 15 is 0 Å². The van der Waals surface area contributed by atoms with Gasteiger partial charge in [0.2, 0.25) is 5.91 Å². The van der Waals surface area contributed by atoms with E-state index in [4.69, 9.17) is 0 Å². The lowest BCUT2D eigenvalue weighted by molar-refractivity contribution is -0.113. The van der Waals surface area contributed by atoms with Crippen LogP contribution >= 0.6 is 11.8 Å². The first kappa shape index (κ1) is 17.5. The van der Waals surface area contributed by atoms with E-state index in [1.807, 2.05) is 6.07 Å². The quantitative estimate of drug-likeness (QED) is 0.773. The summed E-state index contributed by atoms with van der Waals surface area (Å²) in [5.74, 6) is 0.173. The Hall–Kier alpha value is -2.27. The van der Waals surface area contributed by atoms with Crippen LogP contribution in [0.4, 0.5) is 5.69 Å². The molecule has 3 rings (SSSR count). The van der Waals surface area contributed by atoms with Crippen LogP contribution < -0.4 is 10.6 Å². The number of anilines is 1. The number of nitrogens with one attached hydrogen (secondary N) is 2. The number of benzene rings is 2. The van der Waals surface area contributed by atoms with E-state index in [1.165, 1.54) is 22.9 Å². The molecule has 1 aliphatic carbocycles. The van der Waals surface area contributed by atoms with E-state index in [0.717, 1.165) is 17.7 Å². The van der Waals surface area contributed by atoms with Crippen molar-refractivity contribution < 1.29 is 9.59 Å². The molecule has 2 aromatic carbocycles. The molecule has 0 radical (unpaired) electrons. The Labute approximate surface area is 152 Å². The molecule has 1 saturated carbocycles. The van der Waals surface area contributed by atoms with Crippen LogP contribution in [0, 0.1) is 13.8 Å². The van der Waals surface area contributed by atoms with Crippen molar-refractivity contribution in [2.24, 2.45) is 0 Å². The Bertz CT molecular complexity index is 800. The van der Waals surface area contributed by atoms with E-state index < -0.39 is 0 Å². The Morgan fingerprint density at radius 1 is 1.08 bits per heavy atom. The molecular weight excluding hydrogens is 332 g/mol. The number of carbonyl (C=O) groups is 2. The molecule has 0 aliphatic heterocycles. The van der Waals surface area contributed by atoms with Crippen LogP contribution in [0.2, 0.25) is 0 Å². The van der Waals surface area contributed by atoms with E-state index in [9.17, 15) is 9.59 Å². The summed E-state index contributed by atoms with van der Waals surface area (Å²) in [6, 6.07) is 13.6. The van der Waals surface area contributed by atoms with Crippen molar-refractivity contribution in [2.75, 3.05) is 11.1 Å². The van der Waals surface area contributed by atoms with Gasteiger partial charge in [-0.25, -0.2) is 0 Å². The second-order valence-corrected chi connectivity index (χ2v) is 7.46. The fourth-order valence-electron chi connectivity index (χ4n) is 2.38. The molecule has 2 amide bonds. The summed E-state index contributed by atoms with van der Waals surface area (Å²) in [6.07, 6.45) is 2.11. The summed E-state index contributed by atoms with van der Waals surface area (Å²) >= 11 is 1.51. The smallest absolute Gasteiger partial charge is 0.251 e. The number of carbonyl (C=O) groups excluding carboxylic acids is 2. The number of hydrogen-bond acceptors (Lipinski definition) is 3. The van der Waals surface area contributed by atoms with Gasteiger partial charge in [-0.3, -0.25) is 9.59 Å². The highest BCUT2D eigenvalue weighted by Crippen LogP contribution is 2.22. The first-order valence-corrected chi connectivity index (χ1v) is 9.40. The predicted molar refractivity (Wildman–Crippen MR) is 102 cm³/mol. The minimum atomic E-state index is -0.0806. The SMILES string of the molecule is Cc1ccc(SCC(=O)Nc2cccc(C(=O)NC3CC3)c2)cc1C. The average Bonchev–Trinajstić information content (AvgIpc) is 3.40. The predicted octanol–water partition coefficient (Wildman–Crippen LogP) is 3.93. The number of hydrogen-bond donors (Lipinski definition) is 2. The van der Waals surface area contributed by atoms with Gasteiger partial charge in [-0.15, -0.1) is 11.8 Å². The van der Waals surface area contributed by atoms with Gasteiger partial charge < -0.3 is 10.6 Å². The van der Waals surface area contributed by atoms with Crippen molar-refractivity contribution in [2.45, 2.75) is 37.6 Å². The molecule has 2 N–H and O–H groups in total. The Morgan fingerprint density at radius 2 is 1.88 bits per heavy atom. The monoisotopic (exact) mass is 354 g/mol. The van der Waals surface area contributed by atoms with Crippen LogP contribution in [-0.2, 0) is 4.79 Å². The van der Waals surface area contributed by atoms with Gasteiger partial charge in [-0.2, -0.15) is 0 Å². The van der Waals surface area contributed by atoms with Crippen molar-refractivity contribution >= 4 is 29.3 Å². The molecule has 5 heteroatoms. The van der Waals surface area contributed by atoms with Crippen molar-refractivity contribution in [1.82, 2.24) is 5.32 Å². The second-order valence-electron chi connectivity index (χ2n) is 6.41. The van der Waals surface area contributed by atoms with Crippen LogP contribution in [0.5, 0.6) is 0 Å². The number of rotatable bonds is 6. The van der Waals surface area contributed by atoms with Gasteiger partial charge in [0.25, 0.3) is 5.91 Å². The molecule has 1 aliphatic rings. The molecule has 0 bridgehead atoms. The summed E-state index contributed by atoms with van der Waals surface area (Å²) in [5, 5.41) is 5.81. The van der Waals surface area contributed by atoms with E-state index in [1.54, 1.807) is 24.3 Å². The lowest BCUT2D eigenvalue weighted by Gasteiger charge is -2.08. The minimum Gasteiger partial charge on any atom is -0.349 e. The first-order valence-electron chi connectivity index (χ1n) is 8.42. The van der Waals surface area contributed by atoms with Crippen LogP contribution in [0.3, 0.4) is 0 Å². The van der Waals surface area contributed by atoms with Crippen molar-refractivity contribution in [1.29, 1.82) is 0 Å². The maximum Gasteiger partial charge on any atom is 0.251 e. The fourth-order valence-corrected chi connectivity index (χ4v) is 3.18. The van der Waals surface area contributed by atoms with Gasteiger partial charge in [0.1, 0.15) is 0 Å². The number of amides is 2. The zero-order valence-corrected chi connectivity index (χ0v) is 15.3. The summed E-state index contributed by atoms with van der Waals surface area (Å²) < 4.78 is 0. The molecule has 0 heterocycles. The van der Waals surface area contributed by atoms with E-state index in [2.05, 4.69) is 36.6 Å². The molecular formula is C20H22N2O2S. The number of aryl methyl sites for hydroxylation is 2. The third-order valence-corrected chi connectivity index (χ3v) is 5.16. The molecule has 130 valence electrons. The highest BCUT2D eigenvalue weighted by molar-refractivity contribution is 8.00. The third-order valence-electron chi connectivity index (χ3n) is 4.17. The van der Waals surface area contributed by atoms with Crippen molar-refractivity contribution in [3.05, 3.63) is 59.2 Å². The zero-order chi connectivity index (χ0) is 17.8. The van der Waals surface area contributed by atoms with E-state index in [-0.39, 0.29) is 11.8 Å². The number of thioether (sulfide) groups is 1. The molecule has 0 atom stereocenters. The topological polar surface area (TPSA) is 58.2 Å². The van der Waals surface area contributed by atoms with Gasteiger partial charge in [0.15, 0.2) is 0 Å². The Balaban J connectivity index is 1.55. The second kappa shape index (κ2) is 7.74. The lowest BCUT2D eigenvalue weighted by Crippen LogP contribution is -2.25. The highest BCUT2D eigenvalue weighted by Gasteiger charge is 2.23. The molecule has 0 saturated heterocycles. The van der Waals surface area contributed by atoms with Crippen LogP contribution in [0.15, 0.2) is 47.4 Å². The van der Waals surface area contributed by atoms with Crippen molar-refractivity contribution in [3.63, 3.8) is 0 Å². The van der Waals surface area contributed by atoms with E-state index in [0.29, 0.717) is 23.0 Å². The van der Waals surface area contributed by atoms with Gasteiger partial charge in [-0.1, -0.05) is 12.1 Å². The maximum atomic E-state index is 12.2. The van der Waals surface area contributed by atoms with Crippen LogP contribution in [0.25, 0.3) is 0 Å². The van der Waals surface area contributed by atoms with Crippen LogP contribution in [-0.4, -0.2) is 23.6 Å². The van der Waals surface area contributed by atoms with Crippen molar-refractivity contribution in [3.8, 4) is 0 Å². The Morgan fingerprint density at radius 3 is 2.60 bits per heavy atom. The average molecular weight is 354 g/mol. The van der Waals surface area contributed by atoms with Gasteiger partial charge >= 0.3 is 0 Å². The molecule has 0 unspecified atom stereocenters. The largest absolute Gasteiger partial charge is 0.349 e. The summed E-state index contributed by atoms with van der Waals surface area (Å²) in [5.41, 5.74) is 3.69. The van der Waals surface area contributed by atoms with Gasteiger partial charge in [0, 0.05) is 22.2 Å². The molecule has 4 nitrogen and oxygen atoms in total. The molecule has 2 aromatic rings. The third kappa shape index (κ3) is 5.10. The summed E-state index contributed by atoms with van der Waals surface area (Å²) in [4.78, 5) is 25.3. The Kier molecular flexibility index (Phi) is 5.43.